The smallest absolute Gasteiger partial charge is 0.328 e. The molecule has 0 bridgehead atoms. The maximum absolute atomic E-state index is 10.4. The third-order valence-corrected chi connectivity index (χ3v) is 2.88. The fourth-order valence-electron chi connectivity index (χ4n) is 1.57. The lowest BCUT2D eigenvalue weighted by atomic mass is 10.3. The lowest BCUT2D eigenvalue weighted by Gasteiger charge is -2.09. The van der Waals surface area contributed by atoms with Crippen LogP contribution in [0.1, 0.15) is 5.69 Å². The number of aliphatic carboxylic acids is 1. The fourth-order valence-corrected chi connectivity index (χ4v) is 1.76. The molecule has 114 valence electrons. The van der Waals surface area contributed by atoms with E-state index in [0.717, 1.165) is 6.08 Å². The van der Waals surface area contributed by atoms with Crippen LogP contribution >= 0.6 is 11.6 Å². The van der Waals surface area contributed by atoms with Gasteiger partial charge in [-0.25, -0.2) is 9.78 Å². The summed E-state index contributed by atoms with van der Waals surface area (Å²) in [6.07, 6.45) is 5.39. The number of hydrogen-bond acceptors (Lipinski definition) is 5. The largest absolute Gasteiger partial charge is 0.490 e. The number of carbonyl (C=O) groups is 1. The molecule has 0 amide bonds. The van der Waals surface area contributed by atoms with Gasteiger partial charge in [0, 0.05) is 6.08 Å². The van der Waals surface area contributed by atoms with Crippen molar-refractivity contribution in [3.8, 4) is 5.75 Å². The average molecular weight is 320 g/mol. The molecule has 6 nitrogen and oxygen atoms in total. The van der Waals surface area contributed by atoms with Crippen LogP contribution in [0.4, 0.5) is 5.82 Å². The molecule has 0 fully saturated rings. The van der Waals surface area contributed by atoms with Gasteiger partial charge in [-0.2, -0.15) is 0 Å². The number of nitrogens with zero attached hydrogens (tertiary/aromatic N) is 2. The highest BCUT2D eigenvalue weighted by atomic mass is 35.5. The van der Waals surface area contributed by atoms with Gasteiger partial charge in [0.05, 0.1) is 29.7 Å². The highest BCUT2D eigenvalue weighted by Crippen LogP contribution is 2.22. The molecule has 0 spiro atoms. The topological polar surface area (TPSA) is 84.3 Å². The number of aromatic nitrogens is 2. The summed E-state index contributed by atoms with van der Waals surface area (Å²) in [6.45, 7) is 0.955. The second kappa shape index (κ2) is 7.99. The summed E-state index contributed by atoms with van der Waals surface area (Å²) in [5.74, 6) is 0.183. The van der Waals surface area contributed by atoms with E-state index >= 15 is 0 Å². The van der Waals surface area contributed by atoms with Crippen molar-refractivity contribution in [2.75, 3.05) is 18.5 Å². The fraction of sp³-hybridized carbons (Fsp3) is 0.133. The van der Waals surface area contributed by atoms with Crippen molar-refractivity contribution < 1.29 is 14.6 Å². The first kappa shape index (κ1) is 15.8. The van der Waals surface area contributed by atoms with Gasteiger partial charge < -0.3 is 15.2 Å². The molecule has 0 saturated heterocycles. The molecule has 0 aliphatic carbocycles. The van der Waals surface area contributed by atoms with E-state index in [4.69, 9.17) is 21.4 Å². The van der Waals surface area contributed by atoms with E-state index in [2.05, 4.69) is 15.3 Å². The van der Waals surface area contributed by atoms with E-state index in [1.165, 1.54) is 18.5 Å². The first-order valence-corrected chi connectivity index (χ1v) is 6.87. The zero-order chi connectivity index (χ0) is 15.8. The number of rotatable bonds is 7. The standard InChI is InChI=1S/C15H14ClN3O3/c16-12-3-1-2-4-13(12)22-8-7-17-14-10-18-11(9-19-14)5-6-15(20)21/h1-6,9-10H,7-8H2,(H,17,19)(H,20,21)/b6-5+. The summed E-state index contributed by atoms with van der Waals surface area (Å²) < 4.78 is 5.53. The number of carboxylic acids is 1. The number of ether oxygens (including phenoxy) is 1. The summed E-state index contributed by atoms with van der Waals surface area (Å²) in [6, 6.07) is 7.25. The van der Waals surface area contributed by atoms with Gasteiger partial charge in [-0.3, -0.25) is 4.98 Å². The molecule has 2 aromatic rings. The lowest BCUT2D eigenvalue weighted by Crippen LogP contribution is -2.12. The predicted molar refractivity (Wildman–Crippen MR) is 84.1 cm³/mol. The highest BCUT2D eigenvalue weighted by Gasteiger charge is 2.00. The van der Waals surface area contributed by atoms with Crippen LogP contribution in [0.3, 0.4) is 0 Å². The number of halogens is 1. The van der Waals surface area contributed by atoms with E-state index in [9.17, 15) is 4.79 Å². The lowest BCUT2D eigenvalue weighted by molar-refractivity contribution is -0.131. The Bertz CT molecular complexity index is 659. The van der Waals surface area contributed by atoms with Crippen molar-refractivity contribution in [1.82, 2.24) is 9.97 Å². The Morgan fingerprint density at radius 3 is 2.82 bits per heavy atom. The van der Waals surface area contributed by atoms with Crippen LogP contribution in [0.2, 0.25) is 5.02 Å². The van der Waals surface area contributed by atoms with Crippen LogP contribution in [0, 0.1) is 0 Å². The molecule has 1 aromatic heterocycles. The second-order valence-electron chi connectivity index (χ2n) is 4.20. The van der Waals surface area contributed by atoms with Crippen LogP contribution in [-0.2, 0) is 4.79 Å². The zero-order valence-electron chi connectivity index (χ0n) is 11.6. The molecule has 22 heavy (non-hydrogen) atoms. The molecule has 7 heteroatoms. The Balaban J connectivity index is 1.78. The van der Waals surface area contributed by atoms with Gasteiger partial charge in [0.1, 0.15) is 18.2 Å². The van der Waals surface area contributed by atoms with Gasteiger partial charge in [0.15, 0.2) is 0 Å². The third kappa shape index (κ3) is 5.06. The Labute approximate surface area is 132 Å². The van der Waals surface area contributed by atoms with Gasteiger partial charge in [-0.1, -0.05) is 23.7 Å². The van der Waals surface area contributed by atoms with E-state index in [-0.39, 0.29) is 0 Å². The minimum atomic E-state index is -1.03. The molecule has 0 aliphatic rings. The summed E-state index contributed by atoms with van der Waals surface area (Å²) in [7, 11) is 0. The molecule has 2 N–H and O–H groups in total. The summed E-state index contributed by atoms with van der Waals surface area (Å²) in [5, 5.41) is 12.1. The maximum Gasteiger partial charge on any atom is 0.328 e. The summed E-state index contributed by atoms with van der Waals surface area (Å²) >= 11 is 5.97. The van der Waals surface area contributed by atoms with Crippen LogP contribution < -0.4 is 10.1 Å². The van der Waals surface area contributed by atoms with Crippen molar-refractivity contribution in [2.45, 2.75) is 0 Å². The minimum absolute atomic E-state index is 0.423. The monoisotopic (exact) mass is 319 g/mol. The molecule has 1 heterocycles. The Hall–Kier alpha value is -2.60. The quantitative estimate of drug-likeness (QED) is 0.603. The van der Waals surface area contributed by atoms with E-state index in [0.29, 0.717) is 35.4 Å². The molecule has 2 rings (SSSR count). The van der Waals surface area contributed by atoms with Gasteiger partial charge in [0.2, 0.25) is 0 Å². The van der Waals surface area contributed by atoms with Crippen molar-refractivity contribution in [2.24, 2.45) is 0 Å². The predicted octanol–water partition coefficient (Wildman–Crippen LogP) is 2.72. The van der Waals surface area contributed by atoms with Gasteiger partial charge >= 0.3 is 5.97 Å². The van der Waals surface area contributed by atoms with Gasteiger partial charge in [-0.15, -0.1) is 0 Å². The summed E-state index contributed by atoms with van der Waals surface area (Å²) in [4.78, 5) is 18.6. The highest BCUT2D eigenvalue weighted by molar-refractivity contribution is 6.32. The molecule has 0 aliphatic heterocycles. The van der Waals surface area contributed by atoms with Gasteiger partial charge in [-0.05, 0) is 18.2 Å². The first-order valence-electron chi connectivity index (χ1n) is 6.49. The van der Waals surface area contributed by atoms with Crippen molar-refractivity contribution in [3.63, 3.8) is 0 Å². The molecular weight excluding hydrogens is 306 g/mol. The van der Waals surface area contributed by atoms with E-state index < -0.39 is 5.97 Å². The van der Waals surface area contributed by atoms with Crippen molar-refractivity contribution in [1.29, 1.82) is 0 Å². The average Bonchev–Trinajstić information content (AvgIpc) is 2.52. The number of anilines is 1. The zero-order valence-corrected chi connectivity index (χ0v) is 12.3. The van der Waals surface area contributed by atoms with Crippen molar-refractivity contribution >= 4 is 29.5 Å². The minimum Gasteiger partial charge on any atom is -0.490 e. The van der Waals surface area contributed by atoms with Gasteiger partial charge in [0.25, 0.3) is 0 Å². The molecule has 1 aromatic carbocycles. The van der Waals surface area contributed by atoms with Crippen molar-refractivity contribution in [3.05, 3.63) is 53.5 Å². The number of carboxylic acid groups (broad SMARTS) is 1. The van der Waals surface area contributed by atoms with Crippen LogP contribution in [0.5, 0.6) is 5.75 Å². The molecule has 0 radical (unpaired) electrons. The number of nitrogens with one attached hydrogen (secondary N) is 1. The first-order chi connectivity index (χ1) is 10.6. The number of para-hydroxylation sites is 1. The Morgan fingerprint density at radius 2 is 2.14 bits per heavy atom. The second-order valence-corrected chi connectivity index (χ2v) is 4.61. The molecule has 0 saturated carbocycles. The van der Waals surface area contributed by atoms with E-state index in [1.54, 1.807) is 12.1 Å². The number of benzene rings is 1. The van der Waals surface area contributed by atoms with Crippen LogP contribution in [0.25, 0.3) is 6.08 Å². The summed E-state index contributed by atoms with van der Waals surface area (Å²) in [5.41, 5.74) is 0.472. The van der Waals surface area contributed by atoms with E-state index in [1.807, 2.05) is 12.1 Å². The Kier molecular flexibility index (Phi) is 5.73. The van der Waals surface area contributed by atoms with Crippen LogP contribution in [-0.4, -0.2) is 34.2 Å². The third-order valence-electron chi connectivity index (χ3n) is 2.57. The number of hydrogen-bond donors (Lipinski definition) is 2. The maximum atomic E-state index is 10.4. The molecule has 0 atom stereocenters. The van der Waals surface area contributed by atoms with Crippen LogP contribution in [0.15, 0.2) is 42.7 Å². The normalized spacial score (nSPS) is 10.6. The SMILES string of the molecule is O=C(O)/C=C/c1cnc(NCCOc2ccccc2Cl)cn1. The molecular formula is C15H14ClN3O3. The molecule has 0 unspecified atom stereocenters. The Morgan fingerprint density at radius 1 is 1.32 bits per heavy atom.